The topological polar surface area (TPSA) is 46.2 Å². The summed E-state index contributed by atoms with van der Waals surface area (Å²) in [5, 5.41) is 3.34. The highest BCUT2D eigenvalue weighted by atomic mass is 32.2. The molecule has 0 aliphatic heterocycles. The van der Waals surface area contributed by atoms with Crippen LogP contribution < -0.4 is 5.32 Å². The van der Waals surface area contributed by atoms with E-state index in [2.05, 4.69) is 43.4 Å². The third-order valence-electron chi connectivity index (χ3n) is 3.53. The number of nitrogens with one attached hydrogen (secondary N) is 1. The molecule has 0 aromatic heterocycles. The van der Waals surface area contributed by atoms with Gasteiger partial charge in [-0.2, -0.15) is 0 Å². The Kier molecular flexibility index (Phi) is 4.68. The minimum Gasteiger partial charge on any atom is -0.378 e. The van der Waals surface area contributed by atoms with E-state index in [1.165, 1.54) is 17.4 Å². The van der Waals surface area contributed by atoms with Crippen LogP contribution in [0.1, 0.15) is 31.0 Å². The fraction of sp³-hybridized carbons (Fsp3) is 0.294. The smallest absolute Gasteiger partial charge is 0.175 e. The van der Waals surface area contributed by atoms with Crippen molar-refractivity contribution >= 4 is 15.5 Å². The van der Waals surface area contributed by atoms with E-state index in [1.54, 1.807) is 18.2 Å². The summed E-state index contributed by atoms with van der Waals surface area (Å²) in [7, 11) is -3.17. The lowest BCUT2D eigenvalue weighted by Crippen LogP contribution is -2.07. The molecule has 1 atom stereocenters. The second-order valence-electron chi connectivity index (χ2n) is 5.26. The van der Waals surface area contributed by atoms with E-state index < -0.39 is 9.84 Å². The second kappa shape index (κ2) is 6.31. The van der Waals surface area contributed by atoms with E-state index in [9.17, 15) is 8.42 Å². The van der Waals surface area contributed by atoms with Crippen LogP contribution in [0.25, 0.3) is 0 Å². The lowest BCUT2D eigenvalue weighted by Gasteiger charge is -2.16. The van der Waals surface area contributed by atoms with Gasteiger partial charge in [0.2, 0.25) is 0 Å². The molecule has 0 aliphatic carbocycles. The molecule has 3 nitrogen and oxygen atoms in total. The van der Waals surface area contributed by atoms with Gasteiger partial charge in [-0.3, -0.25) is 0 Å². The SMILES string of the molecule is CCc1ccc(C(C)Nc2cccc(S(C)(=O)=O)c2)cc1. The Hall–Kier alpha value is -1.81. The van der Waals surface area contributed by atoms with Crippen molar-refractivity contribution in [2.45, 2.75) is 31.2 Å². The Labute approximate surface area is 126 Å². The molecule has 0 saturated carbocycles. The van der Waals surface area contributed by atoms with Crippen LogP contribution in [0.5, 0.6) is 0 Å². The van der Waals surface area contributed by atoms with Crippen LogP contribution in [0, 0.1) is 0 Å². The van der Waals surface area contributed by atoms with Crippen LogP contribution >= 0.6 is 0 Å². The van der Waals surface area contributed by atoms with E-state index in [-0.39, 0.29) is 6.04 Å². The van der Waals surface area contributed by atoms with E-state index >= 15 is 0 Å². The van der Waals surface area contributed by atoms with Crippen LogP contribution in [0.4, 0.5) is 5.69 Å². The number of aryl methyl sites for hydroxylation is 1. The molecule has 0 spiro atoms. The van der Waals surface area contributed by atoms with Crippen molar-refractivity contribution in [3.8, 4) is 0 Å². The summed E-state index contributed by atoms with van der Waals surface area (Å²) >= 11 is 0. The molecular formula is C17H21NO2S. The molecule has 0 radical (unpaired) electrons. The highest BCUT2D eigenvalue weighted by molar-refractivity contribution is 7.90. The minimum absolute atomic E-state index is 0.116. The molecule has 0 saturated heterocycles. The van der Waals surface area contributed by atoms with Crippen molar-refractivity contribution in [1.29, 1.82) is 0 Å². The first kappa shape index (κ1) is 15.6. The van der Waals surface area contributed by atoms with Gasteiger partial charge in [0.05, 0.1) is 4.90 Å². The summed E-state index contributed by atoms with van der Waals surface area (Å²) in [6, 6.07) is 15.5. The molecule has 0 amide bonds. The van der Waals surface area contributed by atoms with Gasteiger partial charge in [-0.25, -0.2) is 8.42 Å². The largest absolute Gasteiger partial charge is 0.378 e. The van der Waals surface area contributed by atoms with Crippen molar-refractivity contribution < 1.29 is 8.42 Å². The zero-order valence-electron chi connectivity index (χ0n) is 12.6. The van der Waals surface area contributed by atoms with Gasteiger partial charge in [0.15, 0.2) is 9.84 Å². The van der Waals surface area contributed by atoms with E-state index in [0.29, 0.717) is 4.90 Å². The zero-order chi connectivity index (χ0) is 15.5. The average Bonchev–Trinajstić information content (AvgIpc) is 2.47. The molecule has 2 aromatic carbocycles. The van der Waals surface area contributed by atoms with E-state index in [1.807, 2.05) is 6.07 Å². The first-order valence-corrected chi connectivity index (χ1v) is 8.95. The molecule has 1 N–H and O–H groups in total. The summed E-state index contributed by atoms with van der Waals surface area (Å²) in [5.41, 5.74) is 3.30. The minimum atomic E-state index is -3.17. The Morgan fingerprint density at radius 2 is 1.76 bits per heavy atom. The molecule has 112 valence electrons. The second-order valence-corrected chi connectivity index (χ2v) is 7.28. The van der Waals surface area contributed by atoms with Crippen LogP contribution in [-0.2, 0) is 16.3 Å². The molecular weight excluding hydrogens is 282 g/mol. The monoisotopic (exact) mass is 303 g/mol. The number of sulfone groups is 1. The van der Waals surface area contributed by atoms with Crippen molar-refractivity contribution in [2.75, 3.05) is 11.6 Å². The van der Waals surface area contributed by atoms with Gasteiger partial charge in [0.25, 0.3) is 0 Å². The van der Waals surface area contributed by atoms with E-state index in [4.69, 9.17) is 0 Å². The van der Waals surface area contributed by atoms with Crippen LogP contribution in [-0.4, -0.2) is 14.7 Å². The Morgan fingerprint density at radius 1 is 1.10 bits per heavy atom. The van der Waals surface area contributed by atoms with Gasteiger partial charge >= 0.3 is 0 Å². The normalized spacial score (nSPS) is 12.9. The number of anilines is 1. The number of hydrogen-bond donors (Lipinski definition) is 1. The summed E-state index contributed by atoms with van der Waals surface area (Å²) in [6.07, 6.45) is 2.25. The Bertz CT molecular complexity index is 706. The first-order chi connectivity index (χ1) is 9.90. The molecule has 4 heteroatoms. The summed E-state index contributed by atoms with van der Waals surface area (Å²) in [5.74, 6) is 0. The van der Waals surface area contributed by atoms with Gasteiger partial charge in [-0.1, -0.05) is 37.3 Å². The van der Waals surface area contributed by atoms with Gasteiger partial charge in [-0.05, 0) is 42.7 Å². The quantitative estimate of drug-likeness (QED) is 0.913. The maximum Gasteiger partial charge on any atom is 0.175 e. The Balaban J connectivity index is 2.17. The fourth-order valence-electron chi connectivity index (χ4n) is 2.19. The summed E-state index contributed by atoms with van der Waals surface area (Å²) < 4.78 is 23.2. The summed E-state index contributed by atoms with van der Waals surface area (Å²) in [4.78, 5) is 0.334. The van der Waals surface area contributed by atoms with Gasteiger partial charge in [0, 0.05) is 18.0 Å². The van der Waals surface area contributed by atoms with Crippen LogP contribution in [0.15, 0.2) is 53.4 Å². The maximum absolute atomic E-state index is 11.6. The fourth-order valence-corrected chi connectivity index (χ4v) is 2.86. The lowest BCUT2D eigenvalue weighted by molar-refractivity contribution is 0.602. The van der Waals surface area contributed by atoms with Gasteiger partial charge < -0.3 is 5.32 Å². The van der Waals surface area contributed by atoms with Crippen LogP contribution in [0.2, 0.25) is 0 Å². The van der Waals surface area contributed by atoms with Gasteiger partial charge in [-0.15, -0.1) is 0 Å². The summed E-state index contributed by atoms with van der Waals surface area (Å²) in [6.45, 7) is 4.20. The first-order valence-electron chi connectivity index (χ1n) is 7.05. The highest BCUT2D eigenvalue weighted by Gasteiger charge is 2.09. The van der Waals surface area contributed by atoms with E-state index in [0.717, 1.165) is 12.1 Å². The highest BCUT2D eigenvalue weighted by Crippen LogP contribution is 2.22. The third-order valence-corrected chi connectivity index (χ3v) is 4.64. The number of rotatable bonds is 5. The van der Waals surface area contributed by atoms with Gasteiger partial charge in [0.1, 0.15) is 0 Å². The van der Waals surface area contributed by atoms with Crippen LogP contribution in [0.3, 0.4) is 0 Å². The van der Waals surface area contributed by atoms with Crippen molar-refractivity contribution in [2.24, 2.45) is 0 Å². The van der Waals surface area contributed by atoms with Crippen molar-refractivity contribution in [1.82, 2.24) is 0 Å². The molecule has 0 bridgehead atoms. The zero-order valence-corrected chi connectivity index (χ0v) is 13.4. The predicted molar refractivity (Wildman–Crippen MR) is 87.4 cm³/mol. The number of hydrogen-bond acceptors (Lipinski definition) is 3. The molecule has 0 fully saturated rings. The molecule has 1 unspecified atom stereocenters. The standard InChI is InChI=1S/C17H21NO2S/c1-4-14-8-10-15(11-9-14)13(2)18-16-6-5-7-17(12-16)21(3,19)20/h5-13,18H,4H2,1-3H3. The van der Waals surface area contributed by atoms with Crippen molar-refractivity contribution in [3.05, 3.63) is 59.7 Å². The molecule has 2 rings (SSSR count). The molecule has 0 heterocycles. The average molecular weight is 303 g/mol. The van der Waals surface area contributed by atoms with Crippen molar-refractivity contribution in [3.63, 3.8) is 0 Å². The lowest BCUT2D eigenvalue weighted by atomic mass is 10.0. The maximum atomic E-state index is 11.6. The molecule has 21 heavy (non-hydrogen) atoms. The molecule has 0 aliphatic rings. The third kappa shape index (κ3) is 4.08. The Morgan fingerprint density at radius 3 is 2.33 bits per heavy atom. The predicted octanol–water partition coefficient (Wildman–Crippen LogP) is 3.83. The molecule has 2 aromatic rings. The number of benzene rings is 2.